The van der Waals surface area contributed by atoms with Crippen LogP contribution >= 0.6 is 11.6 Å². The average molecular weight is 434 g/mol. The Labute approximate surface area is 189 Å². The molecule has 0 aliphatic carbocycles. The minimum Gasteiger partial charge on any atom is -0.456 e. The number of furan rings is 1. The Morgan fingerprint density at radius 3 is 2.00 bits per heavy atom. The Kier molecular flexibility index (Phi) is 4.44. The molecule has 0 saturated heterocycles. The molecule has 0 radical (unpaired) electrons. The molecule has 2 heterocycles. The number of hydrogen-bond acceptors (Lipinski definition) is 4. The molecule has 5 heteroatoms. The zero-order valence-corrected chi connectivity index (χ0v) is 17.6. The number of rotatable bonds is 3. The second-order valence-electron chi connectivity index (χ2n) is 7.48. The molecule has 6 aromatic rings. The van der Waals surface area contributed by atoms with Crippen LogP contribution in [0, 0.1) is 0 Å². The fraction of sp³-hybridized carbons (Fsp3) is 0. The standard InChI is InChI=1S/C27H16ClN3O/c28-27-30-25(18-10-5-2-6-11-18)29-26(31-27)19-14-15-21-23(16-19)32-22-13-7-12-20(24(21)22)17-8-3-1-4-9-17/h1-16H. The molecular formula is C27H16ClN3O. The first-order valence-electron chi connectivity index (χ1n) is 10.2. The van der Waals surface area contributed by atoms with Gasteiger partial charge in [-0.25, -0.2) is 4.98 Å². The molecule has 0 aliphatic rings. The Hall–Kier alpha value is -4.02. The van der Waals surface area contributed by atoms with Gasteiger partial charge in [0.25, 0.3) is 0 Å². The van der Waals surface area contributed by atoms with E-state index in [1.165, 1.54) is 0 Å². The largest absolute Gasteiger partial charge is 0.456 e. The summed E-state index contributed by atoms with van der Waals surface area (Å²) in [7, 11) is 0. The summed E-state index contributed by atoms with van der Waals surface area (Å²) >= 11 is 6.24. The first-order chi connectivity index (χ1) is 15.8. The van der Waals surface area contributed by atoms with E-state index in [9.17, 15) is 0 Å². The monoisotopic (exact) mass is 433 g/mol. The highest BCUT2D eigenvalue weighted by Crippen LogP contribution is 2.37. The van der Waals surface area contributed by atoms with Crippen LogP contribution in [-0.4, -0.2) is 15.0 Å². The second kappa shape index (κ2) is 7.59. The number of aromatic nitrogens is 3. The van der Waals surface area contributed by atoms with Gasteiger partial charge in [-0.05, 0) is 40.9 Å². The highest BCUT2D eigenvalue weighted by atomic mass is 35.5. The highest BCUT2D eigenvalue weighted by Gasteiger charge is 2.15. The van der Waals surface area contributed by atoms with Crippen LogP contribution < -0.4 is 0 Å². The summed E-state index contributed by atoms with van der Waals surface area (Å²) in [6, 6.07) is 32.2. The minimum atomic E-state index is 0.157. The lowest BCUT2D eigenvalue weighted by atomic mass is 9.99. The maximum Gasteiger partial charge on any atom is 0.226 e. The first kappa shape index (κ1) is 18.7. The third-order valence-electron chi connectivity index (χ3n) is 5.48. The lowest BCUT2D eigenvalue weighted by Gasteiger charge is -2.05. The van der Waals surface area contributed by atoms with E-state index in [1.807, 2.05) is 72.8 Å². The topological polar surface area (TPSA) is 51.8 Å². The molecule has 0 aliphatic heterocycles. The highest BCUT2D eigenvalue weighted by molar-refractivity contribution is 6.28. The molecule has 0 N–H and O–H groups in total. The third-order valence-corrected chi connectivity index (χ3v) is 5.65. The van der Waals surface area contributed by atoms with E-state index in [0.717, 1.165) is 44.2 Å². The van der Waals surface area contributed by atoms with Crippen molar-refractivity contribution in [3.63, 3.8) is 0 Å². The van der Waals surface area contributed by atoms with E-state index in [1.54, 1.807) is 0 Å². The lowest BCUT2D eigenvalue weighted by molar-refractivity contribution is 0.669. The summed E-state index contributed by atoms with van der Waals surface area (Å²) in [6.45, 7) is 0. The van der Waals surface area contributed by atoms with Gasteiger partial charge in [-0.2, -0.15) is 9.97 Å². The van der Waals surface area contributed by atoms with Crippen LogP contribution in [0.5, 0.6) is 0 Å². The summed E-state index contributed by atoms with van der Waals surface area (Å²) in [6.07, 6.45) is 0. The van der Waals surface area contributed by atoms with Gasteiger partial charge in [0.15, 0.2) is 11.6 Å². The number of benzene rings is 4. The van der Waals surface area contributed by atoms with E-state index in [2.05, 4.69) is 39.2 Å². The molecular weight excluding hydrogens is 418 g/mol. The lowest BCUT2D eigenvalue weighted by Crippen LogP contribution is -1.97. The number of fused-ring (bicyclic) bond motifs is 3. The van der Waals surface area contributed by atoms with Crippen molar-refractivity contribution in [1.29, 1.82) is 0 Å². The molecule has 4 nitrogen and oxygen atoms in total. The molecule has 2 aromatic heterocycles. The SMILES string of the molecule is Clc1nc(-c2ccccc2)nc(-c2ccc3c(c2)oc2cccc(-c4ccccc4)c23)n1. The summed E-state index contributed by atoms with van der Waals surface area (Å²) < 4.78 is 6.22. The van der Waals surface area contributed by atoms with Crippen molar-refractivity contribution >= 4 is 33.5 Å². The van der Waals surface area contributed by atoms with Gasteiger partial charge in [-0.15, -0.1) is 0 Å². The van der Waals surface area contributed by atoms with Gasteiger partial charge in [0.1, 0.15) is 11.2 Å². The molecule has 0 fully saturated rings. The fourth-order valence-corrected chi connectivity index (χ4v) is 4.18. The predicted molar refractivity (Wildman–Crippen MR) is 128 cm³/mol. The van der Waals surface area contributed by atoms with Gasteiger partial charge in [0, 0.05) is 21.9 Å². The average Bonchev–Trinajstić information content (AvgIpc) is 3.23. The first-order valence-corrected chi connectivity index (χ1v) is 10.6. The summed E-state index contributed by atoms with van der Waals surface area (Å²) in [5.41, 5.74) is 5.62. The van der Waals surface area contributed by atoms with Crippen molar-refractivity contribution in [2.45, 2.75) is 0 Å². The van der Waals surface area contributed by atoms with Crippen molar-refractivity contribution in [3.8, 4) is 33.9 Å². The summed E-state index contributed by atoms with van der Waals surface area (Å²) in [4.78, 5) is 13.3. The van der Waals surface area contributed by atoms with Gasteiger partial charge in [-0.1, -0.05) is 78.9 Å². The van der Waals surface area contributed by atoms with Crippen LogP contribution in [0.1, 0.15) is 0 Å². The normalized spacial score (nSPS) is 11.3. The number of nitrogens with zero attached hydrogens (tertiary/aromatic N) is 3. The molecule has 0 unspecified atom stereocenters. The summed E-state index contributed by atoms with van der Waals surface area (Å²) in [5, 5.41) is 2.30. The minimum absolute atomic E-state index is 0.157. The Morgan fingerprint density at radius 1 is 0.562 bits per heavy atom. The quantitative estimate of drug-likeness (QED) is 0.291. The Morgan fingerprint density at radius 2 is 1.25 bits per heavy atom. The maximum absolute atomic E-state index is 6.24. The molecule has 4 aromatic carbocycles. The van der Waals surface area contributed by atoms with Gasteiger partial charge < -0.3 is 4.42 Å². The van der Waals surface area contributed by atoms with Crippen molar-refractivity contribution < 1.29 is 4.42 Å². The smallest absolute Gasteiger partial charge is 0.226 e. The Balaban J connectivity index is 1.52. The maximum atomic E-state index is 6.24. The van der Waals surface area contributed by atoms with Gasteiger partial charge in [0.05, 0.1) is 0 Å². The third kappa shape index (κ3) is 3.22. The van der Waals surface area contributed by atoms with Crippen molar-refractivity contribution in [3.05, 3.63) is 102 Å². The van der Waals surface area contributed by atoms with Crippen LogP contribution in [0.4, 0.5) is 0 Å². The van der Waals surface area contributed by atoms with Crippen molar-refractivity contribution in [2.24, 2.45) is 0 Å². The zero-order valence-electron chi connectivity index (χ0n) is 16.9. The van der Waals surface area contributed by atoms with Gasteiger partial charge in [-0.3, -0.25) is 0 Å². The molecule has 32 heavy (non-hydrogen) atoms. The molecule has 0 atom stereocenters. The molecule has 152 valence electrons. The van der Waals surface area contributed by atoms with Crippen LogP contribution in [0.2, 0.25) is 5.28 Å². The summed E-state index contributed by atoms with van der Waals surface area (Å²) in [5.74, 6) is 1.05. The van der Waals surface area contributed by atoms with Crippen molar-refractivity contribution in [2.75, 3.05) is 0 Å². The number of halogens is 1. The van der Waals surface area contributed by atoms with E-state index in [4.69, 9.17) is 16.0 Å². The Bertz CT molecular complexity index is 1580. The van der Waals surface area contributed by atoms with Crippen LogP contribution in [0.3, 0.4) is 0 Å². The molecule has 0 bridgehead atoms. The van der Waals surface area contributed by atoms with Crippen LogP contribution in [0.15, 0.2) is 101 Å². The van der Waals surface area contributed by atoms with E-state index >= 15 is 0 Å². The predicted octanol–water partition coefficient (Wildman–Crippen LogP) is 7.43. The number of hydrogen-bond donors (Lipinski definition) is 0. The van der Waals surface area contributed by atoms with Crippen LogP contribution in [0.25, 0.3) is 55.8 Å². The second-order valence-corrected chi connectivity index (χ2v) is 7.81. The van der Waals surface area contributed by atoms with Gasteiger partial charge in [0.2, 0.25) is 5.28 Å². The van der Waals surface area contributed by atoms with E-state index in [-0.39, 0.29) is 5.28 Å². The molecule has 0 amide bonds. The van der Waals surface area contributed by atoms with E-state index < -0.39 is 0 Å². The van der Waals surface area contributed by atoms with Crippen molar-refractivity contribution in [1.82, 2.24) is 15.0 Å². The molecule has 0 saturated carbocycles. The zero-order chi connectivity index (χ0) is 21.5. The molecule has 6 rings (SSSR count). The fourth-order valence-electron chi connectivity index (χ4n) is 4.02. The van der Waals surface area contributed by atoms with E-state index in [0.29, 0.717) is 11.6 Å². The van der Waals surface area contributed by atoms with Gasteiger partial charge >= 0.3 is 0 Å². The molecule has 0 spiro atoms. The van der Waals surface area contributed by atoms with Crippen LogP contribution in [-0.2, 0) is 0 Å².